The standard InChI is InChI=1S/C12H7F3O4S.ClH/c13-7-1-3-8(4-2-7)19-12-10(14)5-9(6-11(12)15)20(16,17)18;/h1-6H,(H,16,17,18);1H. The lowest BCUT2D eigenvalue weighted by molar-refractivity contribution is 0.403. The molecule has 0 amide bonds. The van der Waals surface area contributed by atoms with E-state index in [9.17, 15) is 21.6 Å². The van der Waals surface area contributed by atoms with Crippen LogP contribution >= 0.6 is 12.4 Å². The van der Waals surface area contributed by atoms with Crippen LogP contribution in [0.1, 0.15) is 0 Å². The van der Waals surface area contributed by atoms with Crippen LogP contribution in [0.15, 0.2) is 41.3 Å². The summed E-state index contributed by atoms with van der Waals surface area (Å²) in [6.45, 7) is 0. The Morgan fingerprint density at radius 3 is 1.86 bits per heavy atom. The van der Waals surface area contributed by atoms with Gasteiger partial charge in [-0.15, -0.1) is 12.4 Å². The summed E-state index contributed by atoms with van der Waals surface area (Å²) in [6.07, 6.45) is 0. The second-order valence-electron chi connectivity index (χ2n) is 3.75. The predicted octanol–water partition coefficient (Wildman–Crippen LogP) is 3.56. The van der Waals surface area contributed by atoms with Gasteiger partial charge in [0.25, 0.3) is 10.1 Å². The molecule has 21 heavy (non-hydrogen) atoms. The highest BCUT2D eigenvalue weighted by molar-refractivity contribution is 7.85. The van der Waals surface area contributed by atoms with Crippen molar-refractivity contribution < 1.29 is 30.9 Å². The molecule has 0 radical (unpaired) electrons. The molecule has 4 nitrogen and oxygen atoms in total. The van der Waals surface area contributed by atoms with Crippen LogP contribution in [-0.2, 0) is 10.1 Å². The molecule has 0 bridgehead atoms. The van der Waals surface area contributed by atoms with E-state index in [0.29, 0.717) is 12.1 Å². The van der Waals surface area contributed by atoms with Crippen molar-refractivity contribution >= 4 is 22.5 Å². The van der Waals surface area contributed by atoms with Crippen LogP contribution in [0.25, 0.3) is 0 Å². The Labute approximate surface area is 124 Å². The van der Waals surface area contributed by atoms with Crippen LogP contribution in [0.4, 0.5) is 13.2 Å². The first-order valence-electron chi connectivity index (χ1n) is 5.17. The van der Waals surface area contributed by atoms with E-state index in [1.165, 1.54) is 0 Å². The van der Waals surface area contributed by atoms with E-state index in [1.54, 1.807) is 0 Å². The minimum Gasteiger partial charge on any atom is -0.451 e. The predicted molar refractivity (Wildman–Crippen MR) is 69.9 cm³/mol. The van der Waals surface area contributed by atoms with Gasteiger partial charge in [0.05, 0.1) is 4.90 Å². The summed E-state index contributed by atoms with van der Waals surface area (Å²) >= 11 is 0. The van der Waals surface area contributed by atoms with E-state index in [1.807, 2.05) is 0 Å². The molecule has 0 atom stereocenters. The summed E-state index contributed by atoms with van der Waals surface area (Å²) in [5.41, 5.74) is 0. The summed E-state index contributed by atoms with van der Waals surface area (Å²) in [4.78, 5) is -0.932. The van der Waals surface area contributed by atoms with Crippen molar-refractivity contribution in [3.8, 4) is 11.5 Å². The van der Waals surface area contributed by atoms with Gasteiger partial charge in [-0.3, -0.25) is 4.55 Å². The number of hydrogen-bond acceptors (Lipinski definition) is 3. The Hall–Kier alpha value is -1.77. The highest BCUT2D eigenvalue weighted by Crippen LogP contribution is 2.29. The lowest BCUT2D eigenvalue weighted by atomic mass is 10.3. The molecular formula is C12H8ClF3O4S. The molecule has 0 saturated carbocycles. The maximum absolute atomic E-state index is 13.6. The van der Waals surface area contributed by atoms with Gasteiger partial charge in [0.1, 0.15) is 11.6 Å². The van der Waals surface area contributed by atoms with Gasteiger partial charge in [0, 0.05) is 0 Å². The summed E-state index contributed by atoms with van der Waals surface area (Å²) < 4.78 is 75.0. The summed E-state index contributed by atoms with van der Waals surface area (Å²) in [5.74, 6) is -4.09. The molecule has 2 aromatic rings. The number of ether oxygens (including phenoxy) is 1. The number of rotatable bonds is 3. The van der Waals surface area contributed by atoms with E-state index in [0.717, 1.165) is 24.3 Å². The molecule has 2 rings (SSSR count). The van der Waals surface area contributed by atoms with Crippen molar-refractivity contribution in [2.75, 3.05) is 0 Å². The largest absolute Gasteiger partial charge is 0.451 e. The number of benzene rings is 2. The van der Waals surface area contributed by atoms with Crippen LogP contribution in [0.2, 0.25) is 0 Å². The van der Waals surface area contributed by atoms with E-state index in [2.05, 4.69) is 0 Å². The highest BCUT2D eigenvalue weighted by atomic mass is 35.5. The Bertz CT molecular complexity index is 725. The molecule has 0 fully saturated rings. The van der Waals surface area contributed by atoms with Crippen molar-refractivity contribution in [2.24, 2.45) is 0 Å². The second-order valence-corrected chi connectivity index (χ2v) is 5.17. The fourth-order valence-electron chi connectivity index (χ4n) is 1.40. The fourth-order valence-corrected chi connectivity index (χ4v) is 1.91. The van der Waals surface area contributed by atoms with Gasteiger partial charge in [-0.1, -0.05) is 0 Å². The second kappa shape index (κ2) is 6.33. The zero-order valence-electron chi connectivity index (χ0n) is 10.1. The molecule has 2 aromatic carbocycles. The molecule has 0 aliphatic rings. The van der Waals surface area contributed by atoms with Gasteiger partial charge in [-0.05, 0) is 36.4 Å². The number of hydrogen-bond donors (Lipinski definition) is 1. The fraction of sp³-hybridized carbons (Fsp3) is 0. The molecule has 0 aromatic heterocycles. The zero-order chi connectivity index (χ0) is 14.9. The van der Waals surface area contributed by atoms with Crippen LogP contribution in [0, 0.1) is 17.5 Å². The van der Waals surface area contributed by atoms with Crippen molar-refractivity contribution in [3.63, 3.8) is 0 Å². The molecule has 1 N–H and O–H groups in total. The lowest BCUT2D eigenvalue weighted by Crippen LogP contribution is -2.02. The third kappa shape index (κ3) is 4.10. The van der Waals surface area contributed by atoms with Gasteiger partial charge < -0.3 is 4.74 Å². The molecule has 0 spiro atoms. The van der Waals surface area contributed by atoms with E-state index in [-0.39, 0.29) is 18.2 Å². The first kappa shape index (κ1) is 17.3. The van der Waals surface area contributed by atoms with E-state index in [4.69, 9.17) is 9.29 Å². The molecule has 0 saturated heterocycles. The first-order chi connectivity index (χ1) is 9.27. The monoisotopic (exact) mass is 340 g/mol. The average Bonchev–Trinajstić information content (AvgIpc) is 2.34. The van der Waals surface area contributed by atoms with Gasteiger partial charge in [-0.25, -0.2) is 13.2 Å². The SMILES string of the molecule is Cl.O=S(=O)(O)c1cc(F)c(Oc2ccc(F)cc2)c(F)c1. The molecule has 9 heteroatoms. The van der Waals surface area contributed by atoms with Crippen LogP contribution in [0.3, 0.4) is 0 Å². The number of halogens is 4. The summed E-state index contributed by atoms with van der Waals surface area (Å²) in [5, 5.41) is 0. The maximum Gasteiger partial charge on any atom is 0.294 e. The average molecular weight is 341 g/mol. The summed E-state index contributed by atoms with van der Waals surface area (Å²) in [7, 11) is -4.73. The molecule has 0 aliphatic heterocycles. The van der Waals surface area contributed by atoms with Crippen molar-refractivity contribution in [1.29, 1.82) is 0 Å². The topological polar surface area (TPSA) is 63.6 Å². The van der Waals surface area contributed by atoms with Crippen molar-refractivity contribution in [2.45, 2.75) is 4.90 Å². The quantitative estimate of drug-likeness (QED) is 0.868. The normalized spacial score (nSPS) is 10.9. The molecule has 0 heterocycles. The Kier molecular flexibility index (Phi) is 5.21. The third-order valence-corrected chi connectivity index (χ3v) is 3.13. The Morgan fingerprint density at radius 2 is 1.43 bits per heavy atom. The smallest absolute Gasteiger partial charge is 0.294 e. The van der Waals surface area contributed by atoms with Crippen LogP contribution in [-0.4, -0.2) is 13.0 Å². The van der Waals surface area contributed by atoms with E-state index >= 15 is 0 Å². The molecule has 0 unspecified atom stereocenters. The van der Waals surface area contributed by atoms with Crippen LogP contribution < -0.4 is 4.74 Å². The van der Waals surface area contributed by atoms with Gasteiger partial charge in [0.2, 0.25) is 0 Å². The zero-order valence-corrected chi connectivity index (χ0v) is 11.7. The Balaban J connectivity index is 0.00000220. The van der Waals surface area contributed by atoms with Gasteiger partial charge in [-0.2, -0.15) is 8.42 Å². The van der Waals surface area contributed by atoms with Crippen LogP contribution in [0.5, 0.6) is 11.5 Å². The first-order valence-corrected chi connectivity index (χ1v) is 6.61. The van der Waals surface area contributed by atoms with Gasteiger partial charge in [0.15, 0.2) is 17.4 Å². The van der Waals surface area contributed by atoms with Crippen molar-refractivity contribution in [1.82, 2.24) is 0 Å². The molecular weight excluding hydrogens is 333 g/mol. The molecule has 0 aliphatic carbocycles. The molecule has 114 valence electrons. The lowest BCUT2D eigenvalue weighted by Gasteiger charge is -2.09. The van der Waals surface area contributed by atoms with Gasteiger partial charge >= 0.3 is 0 Å². The highest BCUT2D eigenvalue weighted by Gasteiger charge is 2.19. The minimum absolute atomic E-state index is 0. The third-order valence-electron chi connectivity index (χ3n) is 2.30. The maximum atomic E-state index is 13.6. The summed E-state index contributed by atoms with van der Waals surface area (Å²) in [6, 6.07) is 5.17. The minimum atomic E-state index is -4.73. The van der Waals surface area contributed by atoms with E-state index < -0.39 is 38.2 Å². The Morgan fingerprint density at radius 1 is 0.952 bits per heavy atom. The van der Waals surface area contributed by atoms with Crippen molar-refractivity contribution in [3.05, 3.63) is 53.8 Å².